The van der Waals surface area contributed by atoms with Crippen LogP contribution in [0.3, 0.4) is 0 Å². The number of cyclic esters (lactones) is 1. The van der Waals surface area contributed by atoms with Crippen LogP contribution in [0.2, 0.25) is 0 Å². The standard InChI is InChI=1S/C10H17NO4/c1-10(2,5-4-8(12)13)11-6-3-7-15-9(11)14/h3-7H2,1-2H3,(H,12,13). The lowest BCUT2D eigenvalue weighted by atomic mass is 9.96. The highest BCUT2D eigenvalue weighted by Gasteiger charge is 2.33. The van der Waals surface area contributed by atoms with Gasteiger partial charge >= 0.3 is 12.1 Å². The first kappa shape index (κ1) is 11.8. The third-order valence-corrected chi connectivity index (χ3v) is 2.65. The number of carboxylic acid groups (broad SMARTS) is 1. The molecule has 0 aliphatic carbocycles. The number of carbonyl (C=O) groups excluding carboxylic acids is 1. The predicted octanol–water partition coefficient (Wildman–Crippen LogP) is 1.47. The zero-order valence-corrected chi connectivity index (χ0v) is 9.15. The Kier molecular flexibility index (Phi) is 3.55. The lowest BCUT2D eigenvalue weighted by Gasteiger charge is -2.39. The van der Waals surface area contributed by atoms with Crippen LogP contribution in [0.5, 0.6) is 0 Å². The Bertz CT molecular complexity index is 262. The van der Waals surface area contributed by atoms with Gasteiger partial charge in [0, 0.05) is 18.5 Å². The number of amides is 1. The van der Waals surface area contributed by atoms with E-state index in [2.05, 4.69) is 0 Å². The summed E-state index contributed by atoms with van der Waals surface area (Å²) in [6.45, 7) is 4.83. The van der Waals surface area contributed by atoms with Gasteiger partial charge in [-0.2, -0.15) is 0 Å². The molecular weight excluding hydrogens is 198 g/mol. The molecule has 1 fully saturated rings. The fraction of sp³-hybridized carbons (Fsp3) is 0.800. The van der Waals surface area contributed by atoms with Gasteiger partial charge in [0.25, 0.3) is 0 Å². The summed E-state index contributed by atoms with van der Waals surface area (Å²) >= 11 is 0. The summed E-state index contributed by atoms with van der Waals surface area (Å²) in [6, 6.07) is 0. The molecule has 0 bridgehead atoms. The van der Waals surface area contributed by atoms with E-state index in [0.717, 1.165) is 6.42 Å². The van der Waals surface area contributed by atoms with Crippen molar-refractivity contribution in [1.82, 2.24) is 4.90 Å². The number of hydrogen-bond acceptors (Lipinski definition) is 3. The Hall–Kier alpha value is -1.26. The maximum atomic E-state index is 11.4. The average Bonchev–Trinajstić information content (AvgIpc) is 2.15. The first-order valence-corrected chi connectivity index (χ1v) is 5.10. The molecule has 1 saturated heterocycles. The van der Waals surface area contributed by atoms with Crippen LogP contribution in [-0.2, 0) is 9.53 Å². The Morgan fingerprint density at radius 3 is 2.80 bits per heavy atom. The van der Waals surface area contributed by atoms with E-state index >= 15 is 0 Å². The van der Waals surface area contributed by atoms with Crippen LogP contribution in [0.4, 0.5) is 4.79 Å². The van der Waals surface area contributed by atoms with Crippen molar-refractivity contribution in [3.63, 3.8) is 0 Å². The van der Waals surface area contributed by atoms with Gasteiger partial charge in [-0.15, -0.1) is 0 Å². The van der Waals surface area contributed by atoms with Crippen LogP contribution in [-0.4, -0.2) is 40.8 Å². The van der Waals surface area contributed by atoms with Crippen LogP contribution < -0.4 is 0 Å². The molecule has 0 aromatic rings. The predicted molar refractivity (Wildman–Crippen MR) is 53.6 cm³/mol. The van der Waals surface area contributed by atoms with Crippen molar-refractivity contribution < 1.29 is 19.4 Å². The van der Waals surface area contributed by atoms with Gasteiger partial charge in [0.2, 0.25) is 0 Å². The molecule has 0 atom stereocenters. The number of ether oxygens (including phenoxy) is 1. The highest BCUT2D eigenvalue weighted by atomic mass is 16.6. The highest BCUT2D eigenvalue weighted by Crippen LogP contribution is 2.24. The third-order valence-electron chi connectivity index (χ3n) is 2.65. The summed E-state index contributed by atoms with van der Waals surface area (Å²) in [4.78, 5) is 23.5. The zero-order chi connectivity index (χ0) is 11.5. The SMILES string of the molecule is CC(C)(CCC(=O)O)N1CCCOC1=O. The fourth-order valence-electron chi connectivity index (χ4n) is 1.65. The second-order valence-electron chi connectivity index (χ2n) is 4.33. The molecule has 0 aromatic carbocycles. The van der Waals surface area contributed by atoms with E-state index in [0.29, 0.717) is 19.6 Å². The van der Waals surface area contributed by atoms with Gasteiger partial charge in [0.15, 0.2) is 0 Å². The van der Waals surface area contributed by atoms with E-state index in [1.165, 1.54) is 0 Å². The molecule has 0 spiro atoms. The van der Waals surface area contributed by atoms with Gasteiger partial charge in [0.05, 0.1) is 6.61 Å². The molecule has 5 heteroatoms. The first-order chi connectivity index (χ1) is 6.93. The number of carboxylic acids is 1. The van der Waals surface area contributed by atoms with E-state index < -0.39 is 11.5 Å². The molecule has 15 heavy (non-hydrogen) atoms. The molecule has 0 saturated carbocycles. The Balaban J connectivity index is 2.57. The molecule has 5 nitrogen and oxygen atoms in total. The molecule has 1 aliphatic rings. The summed E-state index contributed by atoms with van der Waals surface area (Å²) in [5.41, 5.74) is -0.449. The minimum Gasteiger partial charge on any atom is -0.481 e. The van der Waals surface area contributed by atoms with Gasteiger partial charge in [-0.3, -0.25) is 4.79 Å². The summed E-state index contributed by atoms with van der Waals surface area (Å²) in [7, 11) is 0. The Labute approximate surface area is 89.0 Å². The summed E-state index contributed by atoms with van der Waals surface area (Å²) < 4.78 is 4.92. The van der Waals surface area contributed by atoms with E-state index in [1.54, 1.807) is 4.90 Å². The van der Waals surface area contributed by atoms with E-state index in [-0.39, 0.29) is 12.5 Å². The molecule has 0 radical (unpaired) electrons. The molecular formula is C10H17NO4. The second-order valence-corrected chi connectivity index (χ2v) is 4.33. The molecule has 1 heterocycles. The van der Waals surface area contributed by atoms with Crippen molar-refractivity contribution >= 4 is 12.1 Å². The van der Waals surface area contributed by atoms with E-state index in [9.17, 15) is 9.59 Å². The minimum atomic E-state index is -0.839. The molecule has 1 rings (SSSR count). The number of aliphatic carboxylic acids is 1. The third kappa shape index (κ3) is 3.11. The Morgan fingerprint density at radius 2 is 2.27 bits per heavy atom. The molecule has 0 unspecified atom stereocenters. The Morgan fingerprint density at radius 1 is 1.60 bits per heavy atom. The summed E-state index contributed by atoms with van der Waals surface area (Å²) in [5.74, 6) is -0.839. The van der Waals surface area contributed by atoms with Crippen molar-refractivity contribution in [2.45, 2.75) is 38.6 Å². The number of hydrogen-bond donors (Lipinski definition) is 1. The smallest absolute Gasteiger partial charge is 0.410 e. The van der Waals surface area contributed by atoms with Crippen molar-refractivity contribution in [1.29, 1.82) is 0 Å². The van der Waals surface area contributed by atoms with Crippen LogP contribution >= 0.6 is 0 Å². The molecule has 1 aliphatic heterocycles. The maximum absolute atomic E-state index is 11.4. The lowest BCUT2D eigenvalue weighted by molar-refractivity contribution is -0.137. The van der Waals surface area contributed by atoms with Crippen LogP contribution in [0.25, 0.3) is 0 Å². The largest absolute Gasteiger partial charge is 0.481 e. The monoisotopic (exact) mass is 215 g/mol. The van der Waals surface area contributed by atoms with Crippen LogP contribution in [0.15, 0.2) is 0 Å². The van der Waals surface area contributed by atoms with Crippen molar-refractivity contribution in [3.8, 4) is 0 Å². The topological polar surface area (TPSA) is 66.8 Å². The number of rotatable bonds is 4. The normalized spacial score (nSPS) is 17.5. The van der Waals surface area contributed by atoms with Crippen molar-refractivity contribution in [2.75, 3.05) is 13.2 Å². The minimum absolute atomic E-state index is 0.0663. The summed E-state index contributed by atoms with van der Waals surface area (Å²) in [6.07, 6.45) is 0.979. The molecule has 86 valence electrons. The number of carbonyl (C=O) groups is 2. The molecule has 1 N–H and O–H groups in total. The zero-order valence-electron chi connectivity index (χ0n) is 9.15. The molecule has 1 amide bonds. The van der Waals surface area contributed by atoms with Crippen LogP contribution in [0.1, 0.15) is 33.1 Å². The van der Waals surface area contributed by atoms with Gasteiger partial charge < -0.3 is 14.7 Å². The summed E-state index contributed by atoms with van der Waals surface area (Å²) in [5, 5.41) is 8.61. The quantitative estimate of drug-likeness (QED) is 0.771. The van der Waals surface area contributed by atoms with Crippen LogP contribution in [0, 0.1) is 0 Å². The number of nitrogens with zero attached hydrogens (tertiary/aromatic N) is 1. The highest BCUT2D eigenvalue weighted by molar-refractivity contribution is 5.70. The van der Waals surface area contributed by atoms with Gasteiger partial charge in [-0.1, -0.05) is 0 Å². The lowest BCUT2D eigenvalue weighted by Crippen LogP contribution is -2.51. The van der Waals surface area contributed by atoms with Gasteiger partial charge in [-0.25, -0.2) is 4.79 Å². The van der Waals surface area contributed by atoms with Crippen molar-refractivity contribution in [3.05, 3.63) is 0 Å². The van der Waals surface area contributed by atoms with Gasteiger partial charge in [0.1, 0.15) is 0 Å². The average molecular weight is 215 g/mol. The van der Waals surface area contributed by atoms with E-state index in [4.69, 9.17) is 9.84 Å². The first-order valence-electron chi connectivity index (χ1n) is 5.10. The van der Waals surface area contributed by atoms with E-state index in [1.807, 2.05) is 13.8 Å². The second kappa shape index (κ2) is 4.51. The maximum Gasteiger partial charge on any atom is 0.410 e. The van der Waals surface area contributed by atoms with Crippen molar-refractivity contribution in [2.24, 2.45) is 0 Å². The molecule has 0 aromatic heterocycles. The fourth-order valence-corrected chi connectivity index (χ4v) is 1.65. The van der Waals surface area contributed by atoms with Gasteiger partial charge in [-0.05, 0) is 26.7 Å².